The average Bonchev–Trinajstić information content (AvgIpc) is 3.66. The molecular formula is C31H54N2O3. The van der Waals surface area contributed by atoms with Crippen molar-refractivity contribution >= 4 is 5.78 Å². The fourth-order valence-electron chi connectivity index (χ4n) is 4.64. The van der Waals surface area contributed by atoms with Crippen molar-refractivity contribution in [2.45, 2.75) is 104 Å². The van der Waals surface area contributed by atoms with Gasteiger partial charge in [0.2, 0.25) is 0 Å². The van der Waals surface area contributed by atoms with E-state index in [-0.39, 0.29) is 11.5 Å². The molecule has 0 unspecified atom stereocenters. The molecule has 0 radical (unpaired) electrons. The quantitative estimate of drug-likeness (QED) is 0.248. The highest BCUT2D eigenvalue weighted by Crippen LogP contribution is 2.32. The summed E-state index contributed by atoms with van der Waals surface area (Å²) in [4.78, 5) is 14.3. The molecule has 1 heterocycles. The zero-order valence-electron chi connectivity index (χ0n) is 23.7. The summed E-state index contributed by atoms with van der Waals surface area (Å²) in [5.74, 6) is 1.01. The molecule has 2 aliphatic carbocycles. The van der Waals surface area contributed by atoms with Gasteiger partial charge in [0.15, 0.2) is 5.78 Å². The molecule has 2 saturated carbocycles. The zero-order valence-corrected chi connectivity index (χ0v) is 23.7. The number of phenolic OH excluding ortho intramolecular Hbond substituents is 1. The van der Waals surface area contributed by atoms with Crippen LogP contribution in [0.15, 0.2) is 35.5 Å². The van der Waals surface area contributed by atoms with Crippen LogP contribution in [0.2, 0.25) is 0 Å². The maximum Gasteiger partial charge on any atom is 0.162 e. The maximum atomic E-state index is 11.9. The molecule has 36 heavy (non-hydrogen) atoms. The van der Waals surface area contributed by atoms with Gasteiger partial charge in [-0.2, -0.15) is 0 Å². The minimum atomic E-state index is 0.166. The number of Topliss-reactive ketones (excluding diaryl/α,β-unsaturated/α-hetero) is 1. The summed E-state index contributed by atoms with van der Waals surface area (Å²) < 4.78 is 0. The van der Waals surface area contributed by atoms with Crippen molar-refractivity contribution in [1.82, 2.24) is 10.2 Å². The highest BCUT2D eigenvalue weighted by molar-refractivity contribution is 5.96. The van der Waals surface area contributed by atoms with Crippen LogP contribution in [0.4, 0.5) is 0 Å². The number of aliphatic hydroxyl groups is 1. The Morgan fingerprint density at radius 2 is 1.50 bits per heavy atom. The number of carbonyl (C=O) groups is 1. The van der Waals surface area contributed by atoms with Crippen molar-refractivity contribution < 1.29 is 15.0 Å². The molecule has 3 N–H and O–H groups in total. The molecule has 1 saturated heterocycles. The predicted molar refractivity (Wildman–Crippen MR) is 153 cm³/mol. The van der Waals surface area contributed by atoms with Crippen molar-refractivity contribution in [1.29, 1.82) is 0 Å². The molecule has 3 aliphatic rings. The topological polar surface area (TPSA) is 72.8 Å². The third kappa shape index (κ3) is 14.6. The minimum absolute atomic E-state index is 0.166. The lowest BCUT2D eigenvalue weighted by atomic mass is 9.90. The second kappa shape index (κ2) is 20.2. The standard InChI is InChI=1S/C17H23NO2.C7H14O.C5H11N.C2H6/c1-18-16(13-7-8-13)5-3-2-4-6-17(20)14-9-11-15(19)12-10-14;8-6-7-4-2-1-3-5-7;1-6-4-2-3-5-6;1-2/h9-12,18-19H,2-8H2,1H3;7-8H,1-6H2;2-5H2,1H3;1-2H3. The van der Waals surface area contributed by atoms with Crippen LogP contribution in [0.1, 0.15) is 114 Å². The summed E-state index contributed by atoms with van der Waals surface area (Å²) in [6.45, 7) is 7.06. The normalized spacial score (nSPS) is 17.0. The number of likely N-dealkylation sites (tertiary alicyclic amines) is 1. The third-order valence-electron chi connectivity index (χ3n) is 7.06. The summed E-state index contributed by atoms with van der Waals surface area (Å²) >= 11 is 0. The summed E-state index contributed by atoms with van der Waals surface area (Å²) in [6, 6.07) is 6.51. The van der Waals surface area contributed by atoms with E-state index >= 15 is 0 Å². The molecule has 1 aromatic carbocycles. The molecule has 4 rings (SSSR count). The predicted octanol–water partition coefficient (Wildman–Crippen LogP) is 7.09. The number of hydrogen-bond acceptors (Lipinski definition) is 5. The van der Waals surface area contributed by atoms with Crippen molar-refractivity contribution in [3.8, 4) is 5.75 Å². The van der Waals surface area contributed by atoms with E-state index in [0.29, 0.717) is 24.5 Å². The third-order valence-corrected chi connectivity index (χ3v) is 7.06. The Bertz CT molecular complexity index is 712. The Balaban J connectivity index is 0.000000329. The van der Waals surface area contributed by atoms with Crippen molar-refractivity contribution in [3.05, 3.63) is 41.1 Å². The number of hydrogen-bond donors (Lipinski definition) is 3. The number of nitrogens with one attached hydrogen (secondary N) is 1. The van der Waals surface area contributed by atoms with Crippen LogP contribution in [0, 0.1) is 5.92 Å². The number of carbonyl (C=O) groups excluding carboxylic acids is 1. The second-order valence-corrected chi connectivity index (χ2v) is 10.1. The zero-order chi connectivity index (χ0) is 26.6. The number of allylic oxidation sites excluding steroid dienone is 2. The molecule has 0 atom stereocenters. The molecule has 3 fully saturated rings. The number of aliphatic hydroxyl groups excluding tert-OH is 1. The maximum absolute atomic E-state index is 11.9. The number of unbranched alkanes of at least 4 members (excludes halogenated alkanes) is 2. The number of aromatic hydroxyl groups is 1. The van der Waals surface area contributed by atoms with Crippen LogP contribution >= 0.6 is 0 Å². The number of ketones is 1. The van der Waals surface area contributed by atoms with E-state index in [2.05, 4.69) is 17.3 Å². The molecule has 1 aromatic rings. The van der Waals surface area contributed by atoms with Gasteiger partial charge < -0.3 is 20.4 Å². The molecule has 0 aromatic heterocycles. The molecule has 0 spiro atoms. The van der Waals surface area contributed by atoms with E-state index in [0.717, 1.165) is 25.7 Å². The van der Waals surface area contributed by atoms with Gasteiger partial charge in [-0.05, 0) is 108 Å². The monoisotopic (exact) mass is 502 g/mol. The number of rotatable bonds is 9. The Morgan fingerprint density at radius 3 is 1.94 bits per heavy atom. The van der Waals surface area contributed by atoms with Crippen LogP contribution in [-0.4, -0.2) is 54.7 Å². The number of phenols is 1. The molecule has 206 valence electrons. The minimum Gasteiger partial charge on any atom is -0.508 e. The van der Waals surface area contributed by atoms with Gasteiger partial charge in [-0.1, -0.05) is 45.1 Å². The lowest BCUT2D eigenvalue weighted by Crippen LogP contribution is -2.10. The molecule has 5 nitrogen and oxygen atoms in total. The highest BCUT2D eigenvalue weighted by atomic mass is 16.3. The molecule has 1 aliphatic heterocycles. The van der Waals surface area contributed by atoms with Gasteiger partial charge in [-0.15, -0.1) is 0 Å². The fraction of sp³-hybridized carbons (Fsp3) is 0.710. The van der Waals surface area contributed by atoms with Crippen LogP contribution in [0.5, 0.6) is 5.75 Å². The summed E-state index contributed by atoms with van der Waals surface area (Å²) in [5.41, 5.74) is 3.68. The lowest BCUT2D eigenvalue weighted by Gasteiger charge is -2.18. The van der Waals surface area contributed by atoms with Crippen LogP contribution in [0.25, 0.3) is 0 Å². The van der Waals surface area contributed by atoms with E-state index in [1.165, 1.54) is 76.6 Å². The number of nitrogens with zero attached hydrogens (tertiary/aromatic N) is 1. The van der Waals surface area contributed by atoms with Gasteiger partial charge in [0.25, 0.3) is 0 Å². The van der Waals surface area contributed by atoms with Crippen molar-refractivity contribution in [2.75, 3.05) is 33.8 Å². The Morgan fingerprint density at radius 1 is 0.917 bits per heavy atom. The van der Waals surface area contributed by atoms with Crippen LogP contribution in [0.3, 0.4) is 0 Å². The largest absolute Gasteiger partial charge is 0.508 e. The first kappa shape index (κ1) is 32.2. The first-order valence-electron chi connectivity index (χ1n) is 14.5. The van der Waals surface area contributed by atoms with Crippen molar-refractivity contribution in [3.63, 3.8) is 0 Å². The van der Waals surface area contributed by atoms with Crippen LogP contribution in [-0.2, 0) is 0 Å². The average molecular weight is 503 g/mol. The fourth-order valence-corrected chi connectivity index (χ4v) is 4.64. The molecule has 0 amide bonds. The van der Waals surface area contributed by atoms with Crippen molar-refractivity contribution in [2.24, 2.45) is 5.92 Å². The van der Waals surface area contributed by atoms with Gasteiger partial charge in [0.1, 0.15) is 5.75 Å². The van der Waals surface area contributed by atoms with Gasteiger partial charge in [-0.3, -0.25) is 4.79 Å². The van der Waals surface area contributed by atoms with Crippen LogP contribution < -0.4 is 5.32 Å². The van der Waals surface area contributed by atoms with Gasteiger partial charge in [0, 0.05) is 31.3 Å². The second-order valence-electron chi connectivity index (χ2n) is 10.1. The van der Waals surface area contributed by atoms with E-state index < -0.39 is 0 Å². The summed E-state index contributed by atoms with van der Waals surface area (Å²) in [6.07, 6.45) is 16.8. The molecular weight excluding hydrogens is 448 g/mol. The van der Waals surface area contributed by atoms with Gasteiger partial charge in [-0.25, -0.2) is 0 Å². The highest BCUT2D eigenvalue weighted by Gasteiger charge is 2.16. The van der Waals surface area contributed by atoms with Gasteiger partial charge >= 0.3 is 0 Å². The molecule has 0 bridgehead atoms. The Hall–Kier alpha value is -1.85. The Labute approximate surface area is 221 Å². The van der Waals surface area contributed by atoms with E-state index in [1.807, 2.05) is 20.9 Å². The lowest BCUT2D eigenvalue weighted by molar-refractivity contribution is 0.0979. The van der Waals surface area contributed by atoms with E-state index in [4.69, 9.17) is 5.11 Å². The number of benzene rings is 1. The summed E-state index contributed by atoms with van der Waals surface area (Å²) in [7, 11) is 4.17. The Kier molecular flexibility index (Phi) is 18.1. The smallest absolute Gasteiger partial charge is 0.162 e. The van der Waals surface area contributed by atoms with E-state index in [9.17, 15) is 9.90 Å². The SMILES string of the molecule is CC.CN1CCCC1.CNC(CCCCCC(=O)c1ccc(O)cc1)=C1CC1.OCC1CCCCC1. The first-order chi connectivity index (χ1) is 17.5. The first-order valence-corrected chi connectivity index (χ1v) is 14.5. The van der Waals surface area contributed by atoms with Gasteiger partial charge in [0.05, 0.1) is 0 Å². The summed E-state index contributed by atoms with van der Waals surface area (Å²) in [5, 5.41) is 21.2. The molecule has 5 heteroatoms. The van der Waals surface area contributed by atoms with E-state index in [1.54, 1.807) is 29.8 Å².